The van der Waals surface area contributed by atoms with Crippen molar-refractivity contribution >= 4 is 21.8 Å². The summed E-state index contributed by atoms with van der Waals surface area (Å²) in [5.74, 6) is 1.07. The maximum atomic E-state index is 13.0. The van der Waals surface area contributed by atoms with E-state index in [-0.39, 0.29) is 11.7 Å². The molecule has 0 aromatic heterocycles. The van der Waals surface area contributed by atoms with Gasteiger partial charge in [-0.15, -0.1) is 0 Å². The molecule has 23 heavy (non-hydrogen) atoms. The Morgan fingerprint density at radius 2 is 2.00 bits per heavy atom. The summed E-state index contributed by atoms with van der Waals surface area (Å²) in [5.41, 5.74) is 0.477. The Labute approximate surface area is 146 Å². The van der Waals surface area contributed by atoms with Crippen molar-refractivity contribution in [2.24, 2.45) is 11.8 Å². The summed E-state index contributed by atoms with van der Waals surface area (Å²) in [5, 5.41) is 2.90. The van der Waals surface area contributed by atoms with Crippen LogP contribution in [0.5, 0.6) is 0 Å². The number of amides is 1. The number of halogens is 2. The summed E-state index contributed by atoms with van der Waals surface area (Å²) < 4.78 is 13.5. The molecule has 1 aliphatic rings. The third-order valence-electron chi connectivity index (χ3n) is 4.31. The molecule has 1 aromatic rings. The molecule has 128 valence electrons. The second-order valence-electron chi connectivity index (χ2n) is 6.79. The lowest BCUT2D eigenvalue weighted by atomic mass is 9.92. The maximum Gasteiger partial charge on any atom is 0.252 e. The van der Waals surface area contributed by atoms with Crippen LogP contribution >= 0.6 is 15.9 Å². The SMILES string of the molecule is C[C@H]1C[C@H](C)CN(CCCCNC(=O)c2ccc(F)cc2Br)C1. The maximum absolute atomic E-state index is 13.0. The number of nitrogens with one attached hydrogen (secondary N) is 1. The average molecular weight is 385 g/mol. The van der Waals surface area contributed by atoms with Gasteiger partial charge in [-0.1, -0.05) is 13.8 Å². The van der Waals surface area contributed by atoms with Crippen LogP contribution in [0.3, 0.4) is 0 Å². The van der Waals surface area contributed by atoms with Crippen molar-refractivity contribution in [1.29, 1.82) is 0 Å². The van der Waals surface area contributed by atoms with Crippen molar-refractivity contribution in [3.8, 4) is 0 Å². The number of likely N-dealkylation sites (tertiary alicyclic amines) is 1. The molecule has 0 saturated carbocycles. The van der Waals surface area contributed by atoms with Gasteiger partial charge < -0.3 is 10.2 Å². The van der Waals surface area contributed by atoms with Crippen molar-refractivity contribution in [3.05, 3.63) is 34.1 Å². The Bertz CT molecular complexity index is 528. The molecule has 0 radical (unpaired) electrons. The lowest BCUT2D eigenvalue weighted by Crippen LogP contribution is -2.39. The van der Waals surface area contributed by atoms with Crippen LogP contribution in [-0.2, 0) is 0 Å². The van der Waals surface area contributed by atoms with Gasteiger partial charge in [-0.25, -0.2) is 4.39 Å². The summed E-state index contributed by atoms with van der Waals surface area (Å²) in [4.78, 5) is 14.6. The van der Waals surface area contributed by atoms with E-state index in [1.54, 1.807) is 0 Å². The predicted molar refractivity (Wildman–Crippen MR) is 95.1 cm³/mol. The molecule has 1 saturated heterocycles. The zero-order valence-electron chi connectivity index (χ0n) is 13.9. The second-order valence-corrected chi connectivity index (χ2v) is 7.65. The number of unbranched alkanes of at least 4 members (excludes halogenated alkanes) is 1. The van der Waals surface area contributed by atoms with Gasteiger partial charge in [0, 0.05) is 24.1 Å². The highest BCUT2D eigenvalue weighted by Gasteiger charge is 2.21. The number of nitrogens with zero attached hydrogens (tertiary/aromatic N) is 1. The van der Waals surface area contributed by atoms with Crippen LogP contribution in [-0.4, -0.2) is 37.0 Å². The second kappa shape index (κ2) is 8.78. The Kier molecular flexibility index (Phi) is 7.03. The molecule has 0 unspecified atom stereocenters. The standard InChI is InChI=1S/C18H26BrFN2O/c1-13-9-14(2)12-22(11-13)8-4-3-7-21-18(23)16-6-5-15(20)10-17(16)19/h5-6,10,13-14H,3-4,7-9,11-12H2,1-2H3,(H,21,23)/t13-,14-/m0/s1. The van der Waals surface area contributed by atoms with Crippen molar-refractivity contribution in [2.75, 3.05) is 26.2 Å². The van der Waals surface area contributed by atoms with Crippen LogP contribution in [0.2, 0.25) is 0 Å². The fourth-order valence-electron chi connectivity index (χ4n) is 3.41. The molecular weight excluding hydrogens is 359 g/mol. The summed E-state index contributed by atoms with van der Waals surface area (Å²) in [6.45, 7) is 8.79. The van der Waals surface area contributed by atoms with Gasteiger partial charge in [0.15, 0.2) is 0 Å². The van der Waals surface area contributed by atoms with Gasteiger partial charge in [0.05, 0.1) is 5.56 Å². The monoisotopic (exact) mass is 384 g/mol. The van der Waals surface area contributed by atoms with Crippen LogP contribution in [0, 0.1) is 17.7 Å². The van der Waals surface area contributed by atoms with E-state index in [2.05, 4.69) is 40.0 Å². The number of carbonyl (C=O) groups excluding carboxylic acids is 1. The van der Waals surface area contributed by atoms with Crippen LogP contribution in [0.15, 0.2) is 22.7 Å². The van der Waals surface area contributed by atoms with Crippen molar-refractivity contribution < 1.29 is 9.18 Å². The molecule has 1 N–H and O–H groups in total. The molecule has 0 bridgehead atoms. The smallest absolute Gasteiger partial charge is 0.252 e. The fourth-order valence-corrected chi connectivity index (χ4v) is 3.94. The first-order valence-electron chi connectivity index (χ1n) is 8.41. The fraction of sp³-hybridized carbons (Fsp3) is 0.611. The lowest BCUT2D eigenvalue weighted by Gasteiger charge is -2.34. The minimum absolute atomic E-state index is 0.155. The van der Waals surface area contributed by atoms with Gasteiger partial charge >= 0.3 is 0 Å². The van der Waals surface area contributed by atoms with E-state index >= 15 is 0 Å². The van der Waals surface area contributed by atoms with E-state index < -0.39 is 0 Å². The van der Waals surface area contributed by atoms with Gasteiger partial charge in [0.25, 0.3) is 5.91 Å². The zero-order valence-corrected chi connectivity index (χ0v) is 15.5. The van der Waals surface area contributed by atoms with Crippen LogP contribution in [0.1, 0.15) is 43.5 Å². The van der Waals surface area contributed by atoms with Gasteiger partial charge in [-0.2, -0.15) is 0 Å². The van der Waals surface area contributed by atoms with E-state index in [9.17, 15) is 9.18 Å². The minimum Gasteiger partial charge on any atom is -0.352 e. The van der Waals surface area contributed by atoms with Crippen LogP contribution in [0.25, 0.3) is 0 Å². The third kappa shape index (κ3) is 5.88. The number of carbonyl (C=O) groups is 1. The summed E-state index contributed by atoms with van der Waals surface area (Å²) in [6, 6.07) is 4.12. The largest absolute Gasteiger partial charge is 0.352 e. The number of benzene rings is 1. The molecular formula is C18H26BrFN2O. The highest BCUT2D eigenvalue weighted by Crippen LogP contribution is 2.21. The topological polar surface area (TPSA) is 32.3 Å². The normalized spacial score (nSPS) is 22.1. The number of rotatable bonds is 6. The molecule has 3 nitrogen and oxygen atoms in total. The van der Waals surface area contributed by atoms with Crippen molar-refractivity contribution in [3.63, 3.8) is 0 Å². The summed E-state index contributed by atoms with van der Waals surface area (Å²) >= 11 is 3.23. The summed E-state index contributed by atoms with van der Waals surface area (Å²) in [6.07, 6.45) is 3.38. The average Bonchev–Trinajstić information content (AvgIpc) is 2.45. The van der Waals surface area contributed by atoms with Crippen molar-refractivity contribution in [1.82, 2.24) is 10.2 Å². The van der Waals surface area contributed by atoms with Gasteiger partial charge in [0.1, 0.15) is 5.82 Å². The van der Waals surface area contributed by atoms with E-state index in [0.717, 1.165) is 31.2 Å². The molecule has 1 amide bonds. The molecule has 0 aliphatic carbocycles. The van der Waals surface area contributed by atoms with Gasteiger partial charge in [0.2, 0.25) is 0 Å². The predicted octanol–water partition coefficient (Wildman–Crippen LogP) is 4.08. The van der Waals surface area contributed by atoms with E-state index in [1.165, 1.54) is 37.7 Å². The zero-order chi connectivity index (χ0) is 16.8. The van der Waals surface area contributed by atoms with Gasteiger partial charge in [-0.3, -0.25) is 4.79 Å². The number of hydrogen-bond donors (Lipinski definition) is 1. The highest BCUT2D eigenvalue weighted by atomic mass is 79.9. The molecule has 1 heterocycles. The molecule has 1 aliphatic heterocycles. The molecule has 1 fully saturated rings. The molecule has 2 atom stereocenters. The summed E-state index contributed by atoms with van der Waals surface area (Å²) in [7, 11) is 0. The number of hydrogen-bond acceptors (Lipinski definition) is 2. The quantitative estimate of drug-likeness (QED) is 0.749. The Hall–Kier alpha value is -0.940. The highest BCUT2D eigenvalue weighted by molar-refractivity contribution is 9.10. The van der Waals surface area contributed by atoms with Crippen LogP contribution < -0.4 is 5.32 Å². The first-order chi connectivity index (χ1) is 11.0. The molecule has 0 spiro atoms. The van der Waals surface area contributed by atoms with E-state index in [1.807, 2.05) is 0 Å². The number of piperidine rings is 1. The first-order valence-corrected chi connectivity index (χ1v) is 9.20. The Morgan fingerprint density at radius 1 is 1.30 bits per heavy atom. The first kappa shape index (κ1) is 18.4. The molecule has 1 aromatic carbocycles. The van der Waals surface area contributed by atoms with E-state index in [4.69, 9.17) is 0 Å². The van der Waals surface area contributed by atoms with Crippen LogP contribution in [0.4, 0.5) is 4.39 Å². The molecule has 5 heteroatoms. The Balaban J connectivity index is 1.66. The van der Waals surface area contributed by atoms with E-state index in [0.29, 0.717) is 16.6 Å². The lowest BCUT2D eigenvalue weighted by molar-refractivity contribution is 0.0951. The van der Waals surface area contributed by atoms with Gasteiger partial charge in [-0.05, 0) is 71.8 Å². The van der Waals surface area contributed by atoms with Crippen molar-refractivity contribution in [2.45, 2.75) is 33.1 Å². The minimum atomic E-state index is -0.349. The Morgan fingerprint density at radius 3 is 2.65 bits per heavy atom. The molecule has 2 rings (SSSR count). The third-order valence-corrected chi connectivity index (χ3v) is 4.96.